The lowest BCUT2D eigenvalue weighted by molar-refractivity contribution is -0.145. The SMILES string of the molecule is CCOC(=O)COc1c(/C=C/C2=C(C#N)C(=O)NC(S)N2)cccc1OC. The summed E-state index contributed by atoms with van der Waals surface area (Å²) in [5.41, 5.74) is 0.236. The molecular weight excluding hydrogens is 370 g/mol. The second kappa shape index (κ2) is 9.54. The Bertz CT molecular complexity index is 829. The van der Waals surface area contributed by atoms with Gasteiger partial charge in [-0.25, -0.2) is 4.79 Å². The molecule has 1 atom stereocenters. The first kappa shape index (κ1) is 20.2. The molecule has 1 aliphatic rings. The summed E-state index contributed by atoms with van der Waals surface area (Å²) in [4.78, 5) is 23.4. The van der Waals surface area contributed by atoms with Crippen molar-refractivity contribution in [1.82, 2.24) is 10.6 Å². The normalized spacial score (nSPS) is 16.4. The molecule has 2 rings (SSSR count). The van der Waals surface area contributed by atoms with E-state index in [-0.39, 0.29) is 18.8 Å². The lowest BCUT2D eigenvalue weighted by atomic mass is 10.1. The van der Waals surface area contributed by atoms with E-state index in [1.807, 2.05) is 6.07 Å². The third-order valence-electron chi connectivity index (χ3n) is 3.47. The number of carbonyl (C=O) groups is 2. The number of methoxy groups -OCH3 is 1. The van der Waals surface area contributed by atoms with Crippen molar-refractivity contribution in [2.24, 2.45) is 0 Å². The molecule has 0 bridgehead atoms. The number of carbonyl (C=O) groups excluding carboxylic acids is 2. The van der Waals surface area contributed by atoms with Crippen LogP contribution in [0.15, 0.2) is 35.5 Å². The van der Waals surface area contributed by atoms with E-state index in [0.29, 0.717) is 22.8 Å². The van der Waals surface area contributed by atoms with Gasteiger partial charge in [-0.15, -0.1) is 12.6 Å². The Hall–Kier alpha value is -3.12. The number of hydrogen-bond acceptors (Lipinski definition) is 8. The minimum Gasteiger partial charge on any atom is -0.493 e. The van der Waals surface area contributed by atoms with E-state index >= 15 is 0 Å². The molecule has 1 aromatic rings. The average Bonchev–Trinajstić information content (AvgIpc) is 2.64. The zero-order valence-electron chi connectivity index (χ0n) is 14.8. The first-order chi connectivity index (χ1) is 13.0. The molecule has 1 aliphatic heterocycles. The highest BCUT2D eigenvalue weighted by atomic mass is 32.1. The van der Waals surface area contributed by atoms with Crippen LogP contribution in [0, 0.1) is 11.3 Å². The van der Waals surface area contributed by atoms with E-state index in [2.05, 4.69) is 23.3 Å². The Kier molecular flexibility index (Phi) is 7.14. The number of amides is 1. The molecule has 0 aliphatic carbocycles. The lowest BCUT2D eigenvalue weighted by Gasteiger charge is -2.22. The van der Waals surface area contributed by atoms with Crippen molar-refractivity contribution in [3.05, 3.63) is 41.1 Å². The van der Waals surface area contributed by atoms with Crippen LogP contribution in [-0.4, -0.2) is 37.7 Å². The van der Waals surface area contributed by atoms with Gasteiger partial charge in [-0.05, 0) is 25.1 Å². The van der Waals surface area contributed by atoms with E-state index in [9.17, 15) is 14.9 Å². The predicted octanol–water partition coefficient (Wildman–Crippen LogP) is 1.36. The largest absolute Gasteiger partial charge is 0.493 e. The van der Waals surface area contributed by atoms with E-state index in [1.54, 1.807) is 37.3 Å². The standard InChI is InChI=1S/C18H19N3O5S/c1-3-25-15(22)10-26-16-11(5-4-6-14(16)24-2)7-8-13-12(9-19)17(23)21-18(27)20-13/h4-8,18,20,27H,3,10H2,1-2H3,(H,21,23)/b8-7+. The van der Waals surface area contributed by atoms with Crippen LogP contribution in [0.5, 0.6) is 11.5 Å². The Morgan fingerprint density at radius 3 is 2.81 bits per heavy atom. The van der Waals surface area contributed by atoms with Crippen molar-refractivity contribution in [2.45, 2.75) is 12.4 Å². The van der Waals surface area contributed by atoms with Gasteiger partial charge in [-0.3, -0.25) is 4.79 Å². The average molecular weight is 389 g/mol. The minimum absolute atomic E-state index is 0.0616. The summed E-state index contributed by atoms with van der Waals surface area (Å²) in [5, 5.41) is 14.6. The summed E-state index contributed by atoms with van der Waals surface area (Å²) in [5.74, 6) is -0.250. The maximum absolute atomic E-state index is 11.9. The molecule has 0 spiro atoms. The topological polar surface area (TPSA) is 110 Å². The Morgan fingerprint density at radius 2 is 2.15 bits per heavy atom. The van der Waals surface area contributed by atoms with Gasteiger partial charge in [0, 0.05) is 5.56 Å². The van der Waals surface area contributed by atoms with Crippen LogP contribution in [0.25, 0.3) is 6.08 Å². The maximum Gasteiger partial charge on any atom is 0.344 e. The summed E-state index contributed by atoms with van der Waals surface area (Å²) < 4.78 is 15.7. The highest BCUT2D eigenvalue weighted by Crippen LogP contribution is 2.32. The van der Waals surface area contributed by atoms with Gasteiger partial charge in [-0.2, -0.15) is 5.26 Å². The van der Waals surface area contributed by atoms with Crippen LogP contribution in [0.1, 0.15) is 12.5 Å². The number of benzene rings is 1. The lowest BCUT2D eigenvalue weighted by Crippen LogP contribution is -2.46. The van der Waals surface area contributed by atoms with E-state index in [1.165, 1.54) is 7.11 Å². The van der Waals surface area contributed by atoms with Crippen LogP contribution >= 0.6 is 12.6 Å². The van der Waals surface area contributed by atoms with Crippen LogP contribution in [-0.2, 0) is 14.3 Å². The number of para-hydroxylation sites is 1. The monoisotopic (exact) mass is 389 g/mol. The molecule has 0 aromatic heterocycles. The van der Waals surface area contributed by atoms with Crippen molar-refractivity contribution in [2.75, 3.05) is 20.3 Å². The predicted molar refractivity (Wildman–Crippen MR) is 101 cm³/mol. The molecule has 2 N–H and O–H groups in total. The molecule has 9 heteroatoms. The minimum atomic E-state index is -0.612. The second-order valence-electron chi connectivity index (χ2n) is 5.23. The number of ether oxygens (including phenoxy) is 3. The van der Waals surface area contributed by atoms with Gasteiger partial charge in [-0.1, -0.05) is 12.1 Å². The van der Waals surface area contributed by atoms with Gasteiger partial charge in [0.15, 0.2) is 18.1 Å². The Balaban J connectivity index is 2.32. The fourth-order valence-electron chi connectivity index (χ4n) is 2.30. The van der Waals surface area contributed by atoms with Crippen LogP contribution in [0.4, 0.5) is 0 Å². The smallest absolute Gasteiger partial charge is 0.344 e. The summed E-state index contributed by atoms with van der Waals surface area (Å²) in [6.07, 6.45) is 3.20. The van der Waals surface area contributed by atoms with Crippen molar-refractivity contribution >= 4 is 30.6 Å². The number of hydrogen-bond donors (Lipinski definition) is 3. The number of nitrogens with one attached hydrogen (secondary N) is 2. The third-order valence-corrected chi connectivity index (χ3v) is 3.72. The van der Waals surface area contributed by atoms with Gasteiger partial charge in [0.25, 0.3) is 5.91 Å². The molecule has 0 fully saturated rings. The van der Waals surface area contributed by atoms with Crippen molar-refractivity contribution in [3.8, 4) is 17.6 Å². The van der Waals surface area contributed by atoms with Crippen LogP contribution < -0.4 is 20.1 Å². The highest BCUT2D eigenvalue weighted by Gasteiger charge is 2.23. The first-order valence-corrected chi connectivity index (χ1v) is 8.55. The van der Waals surface area contributed by atoms with Crippen molar-refractivity contribution in [1.29, 1.82) is 5.26 Å². The molecule has 1 heterocycles. The molecule has 8 nitrogen and oxygen atoms in total. The molecule has 27 heavy (non-hydrogen) atoms. The summed E-state index contributed by atoms with van der Waals surface area (Å²) in [6, 6.07) is 7.03. The molecule has 1 amide bonds. The second-order valence-corrected chi connectivity index (χ2v) is 5.74. The number of rotatable bonds is 7. The fraction of sp³-hybridized carbons (Fsp3) is 0.278. The van der Waals surface area contributed by atoms with Crippen molar-refractivity contribution in [3.63, 3.8) is 0 Å². The first-order valence-electron chi connectivity index (χ1n) is 8.03. The van der Waals surface area contributed by atoms with Gasteiger partial charge in [0.05, 0.1) is 19.4 Å². The number of esters is 1. The molecular formula is C18H19N3O5S. The molecule has 142 valence electrons. The molecule has 1 unspecified atom stereocenters. The van der Waals surface area contributed by atoms with Gasteiger partial charge in [0.2, 0.25) is 0 Å². The summed E-state index contributed by atoms with van der Waals surface area (Å²) in [7, 11) is 1.48. The zero-order chi connectivity index (χ0) is 19.8. The number of nitrogens with zero attached hydrogens (tertiary/aromatic N) is 1. The van der Waals surface area contributed by atoms with E-state index in [0.717, 1.165) is 0 Å². The number of nitriles is 1. The third kappa shape index (κ3) is 5.18. The van der Waals surface area contributed by atoms with Gasteiger partial charge in [0.1, 0.15) is 17.1 Å². The van der Waals surface area contributed by atoms with Crippen LogP contribution in [0.3, 0.4) is 0 Å². The highest BCUT2D eigenvalue weighted by molar-refractivity contribution is 7.80. The summed E-state index contributed by atoms with van der Waals surface area (Å²) >= 11 is 4.15. The quantitative estimate of drug-likeness (QED) is 0.477. The Morgan fingerprint density at radius 1 is 1.37 bits per heavy atom. The fourth-order valence-corrected chi connectivity index (χ4v) is 2.56. The van der Waals surface area contributed by atoms with Gasteiger partial charge >= 0.3 is 5.97 Å². The summed E-state index contributed by atoms with van der Waals surface area (Å²) in [6.45, 7) is 1.68. The van der Waals surface area contributed by atoms with Crippen LogP contribution in [0.2, 0.25) is 0 Å². The Labute approximate surface area is 162 Å². The zero-order valence-corrected chi connectivity index (χ0v) is 15.7. The molecule has 0 saturated heterocycles. The molecule has 0 saturated carbocycles. The van der Waals surface area contributed by atoms with E-state index < -0.39 is 17.4 Å². The van der Waals surface area contributed by atoms with E-state index in [4.69, 9.17) is 14.2 Å². The molecule has 0 radical (unpaired) electrons. The van der Waals surface area contributed by atoms with Crippen molar-refractivity contribution < 1.29 is 23.8 Å². The number of thiol groups is 1. The maximum atomic E-state index is 11.9. The van der Waals surface area contributed by atoms with Gasteiger partial charge < -0.3 is 24.8 Å². The number of allylic oxidation sites excluding steroid dienone is 1. The molecule has 1 aromatic carbocycles.